The van der Waals surface area contributed by atoms with Crippen molar-refractivity contribution in [3.63, 3.8) is 0 Å². The van der Waals surface area contributed by atoms with Crippen molar-refractivity contribution in [2.75, 3.05) is 38.2 Å². The Morgan fingerprint density at radius 1 is 1.16 bits per heavy atom. The van der Waals surface area contributed by atoms with Crippen molar-refractivity contribution < 1.29 is 18.8 Å². The van der Waals surface area contributed by atoms with Crippen LogP contribution in [0.4, 0.5) is 5.69 Å². The lowest BCUT2D eigenvalue weighted by atomic mass is 9.89. The molecule has 5 rings (SSSR count). The monoisotopic (exact) mass is 518 g/mol. The van der Waals surface area contributed by atoms with E-state index in [0.717, 1.165) is 49.5 Å². The normalized spacial score (nSPS) is 17.3. The third kappa shape index (κ3) is 5.85. The van der Waals surface area contributed by atoms with Crippen molar-refractivity contribution in [1.82, 2.24) is 15.0 Å². The van der Waals surface area contributed by atoms with Crippen molar-refractivity contribution in [3.05, 3.63) is 58.9 Å². The van der Waals surface area contributed by atoms with E-state index in [2.05, 4.69) is 70.3 Å². The topological polar surface area (TPSA) is 80.9 Å². The number of benzene rings is 2. The molecule has 8 nitrogen and oxygen atoms in total. The molecular formula is C30H38N4O4. The zero-order valence-electron chi connectivity index (χ0n) is 22.9. The summed E-state index contributed by atoms with van der Waals surface area (Å²) in [7, 11) is 2.06. The fourth-order valence-corrected chi connectivity index (χ4v) is 5.48. The molecule has 1 saturated carbocycles. The molecule has 0 radical (unpaired) electrons. The molecule has 1 aliphatic carbocycles. The Hall–Kier alpha value is -3.39. The minimum Gasteiger partial charge on any atom is -0.494 e. The highest BCUT2D eigenvalue weighted by Gasteiger charge is 2.38. The first kappa shape index (κ1) is 26.2. The number of carbonyl (C=O) groups excluding carboxylic acids is 1. The van der Waals surface area contributed by atoms with E-state index in [1.54, 1.807) is 0 Å². The van der Waals surface area contributed by atoms with Gasteiger partial charge in [0.05, 0.1) is 13.2 Å². The number of likely N-dealkylation sites (N-methyl/N-ethyl adjacent to an activating group) is 1. The van der Waals surface area contributed by atoms with E-state index in [0.29, 0.717) is 37.3 Å². The molecule has 1 aliphatic heterocycles. The number of anilines is 1. The van der Waals surface area contributed by atoms with Crippen LogP contribution in [-0.2, 0) is 16.1 Å². The second kappa shape index (κ2) is 11.2. The number of hydrogen-bond acceptors (Lipinski definition) is 8. The zero-order valence-corrected chi connectivity index (χ0v) is 22.9. The molecule has 0 N–H and O–H groups in total. The van der Waals surface area contributed by atoms with Gasteiger partial charge in [-0.1, -0.05) is 22.9 Å². The van der Waals surface area contributed by atoms with E-state index in [9.17, 15) is 4.79 Å². The van der Waals surface area contributed by atoms with Gasteiger partial charge in [-0.05, 0) is 69.4 Å². The molecule has 202 valence electrons. The first-order valence-corrected chi connectivity index (χ1v) is 13.6. The summed E-state index contributed by atoms with van der Waals surface area (Å²) in [6.45, 7) is 10.2. The number of aryl methyl sites for hydroxylation is 2. The predicted molar refractivity (Wildman–Crippen MR) is 146 cm³/mol. The number of piperidine rings is 1. The molecule has 2 fully saturated rings. The van der Waals surface area contributed by atoms with Crippen LogP contribution in [0.5, 0.6) is 5.75 Å². The summed E-state index contributed by atoms with van der Waals surface area (Å²) < 4.78 is 17.4. The van der Waals surface area contributed by atoms with E-state index < -0.39 is 5.60 Å². The number of likely N-dealkylation sites (tertiary alicyclic amines) is 1. The van der Waals surface area contributed by atoms with Crippen molar-refractivity contribution in [2.24, 2.45) is 0 Å². The lowest BCUT2D eigenvalue weighted by Gasteiger charge is -2.42. The van der Waals surface area contributed by atoms with Gasteiger partial charge >= 0.3 is 0 Å². The van der Waals surface area contributed by atoms with E-state index in [4.69, 9.17) is 14.0 Å². The number of nitrogens with zero attached hydrogens (tertiary/aromatic N) is 4. The second-order valence-corrected chi connectivity index (χ2v) is 10.8. The molecule has 2 heterocycles. The molecule has 1 aromatic heterocycles. The number of ether oxygens (including phenoxy) is 2. The van der Waals surface area contributed by atoms with E-state index in [1.165, 1.54) is 29.5 Å². The van der Waals surface area contributed by atoms with Crippen LogP contribution in [0, 0.1) is 13.8 Å². The maximum absolute atomic E-state index is 11.5. The smallest absolute Gasteiger partial charge is 0.293 e. The van der Waals surface area contributed by atoms with Gasteiger partial charge in [0.1, 0.15) is 11.4 Å². The maximum Gasteiger partial charge on any atom is 0.293 e. The highest BCUT2D eigenvalue weighted by molar-refractivity contribution is 5.65. The standard InChI is InChI=1S/C30H38N4O4/c1-5-36-28-17-27(29-31-22(3)32-38-29)26(23-8-9-23)16-24(28)18-34-14-12-30(13-15-34,37-20-35)19-33(4)25-10-6-21(2)7-11-25/h6-7,10-11,16-17,20,23H,5,8-9,12-15,18-19H2,1-4H3. The van der Waals surface area contributed by atoms with Crippen molar-refractivity contribution in [1.29, 1.82) is 0 Å². The highest BCUT2D eigenvalue weighted by Crippen LogP contribution is 2.46. The predicted octanol–water partition coefficient (Wildman–Crippen LogP) is 5.27. The third-order valence-electron chi connectivity index (χ3n) is 7.77. The number of aromatic nitrogens is 2. The lowest BCUT2D eigenvalue weighted by Crippen LogP contribution is -2.51. The van der Waals surface area contributed by atoms with Crippen LogP contribution in [0.2, 0.25) is 0 Å². The summed E-state index contributed by atoms with van der Waals surface area (Å²) in [6.07, 6.45) is 3.91. The summed E-state index contributed by atoms with van der Waals surface area (Å²) in [5, 5.41) is 4.00. The molecule has 1 saturated heterocycles. The molecule has 0 atom stereocenters. The SMILES string of the molecule is CCOc1cc(-c2nc(C)no2)c(C2CC2)cc1CN1CCC(CN(C)c2ccc(C)cc2)(OC=O)CC1. The Labute approximate surface area is 224 Å². The summed E-state index contributed by atoms with van der Waals surface area (Å²) in [5.41, 5.74) is 5.27. The van der Waals surface area contributed by atoms with Crippen LogP contribution in [0.25, 0.3) is 11.5 Å². The third-order valence-corrected chi connectivity index (χ3v) is 7.77. The Balaban J connectivity index is 1.32. The average Bonchev–Trinajstić information content (AvgIpc) is 3.66. The minimum atomic E-state index is -0.501. The fourth-order valence-electron chi connectivity index (χ4n) is 5.48. The summed E-state index contributed by atoms with van der Waals surface area (Å²) in [5.74, 6) is 2.58. The Kier molecular flexibility index (Phi) is 7.70. The maximum atomic E-state index is 11.5. The van der Waals surface area contributed by atoms with E-state index in [-0.39, 0.29) is 0 Å². The van der Waals surface area contributed by atoms with Gasteiger partial charge in [0, 0.05) is 56.3 Å². The van der Waals surface area contributed by atoms with Crippen molar-refractivity contribution in [2.45, 2.75) is 64.5 Å². The molecular weight excluding hydrogens is 480 g/mol. The molecule has 0 unspecified atom stereocenters. The summed E-state index contributed by atoms with van der Waals surface area (Å²) in [4.78, 5) is 20.6. The van der Waals surface area contributed by atoms with E-state index >= 15 is 0 Å². The largest absolute Gasteiger partial charge is 0.494 e. The average molecular weight is 519 g/mol. The highest BCUT2D eigenvalue weighted by atomic mass is 16.5. The number of carbonyl (C=O) groups is 1. The Bertz CT molecular complexity index is 1240. The number of hydrogen-bond donors (Lipinski definition) is 0. The van der Waals surface area contributed by atoms with Crippen LogP contribution in [0.1, 0.15) is 61.0 Å². The summed E-state index contributed by atoms with van der Waals surface area (Å²) >= 11 is 0. The molecule has 38 heavy (non-hydrogen) atoms. The van der Waals surface area contributed by atoms with Crippen molar-refractivity contribution in [3.8, 4) is 17.2 Å². The quantitative estimate of drug-likeness (QED) is 0.318. The van der Waals surface area contributed by atoms with Crippen LogP contribution in [0.3, 0.4) is 0 Å². The van der Waals surface area contributed by atoms with Crippen LogP contribution in [-0.4, -0.2) is 60.4 Å². The molecule has 0 amide bonds. The molecule has 0 spiro atoms. The van der Waals surface area contributed by atoms with Gasteiger partial charge in [-0.3, -0.25) is 9.69 Å². The molecule has 3 aromatic rings. The first-order valence-electron chi connectivity index (χ1n) is 13.6. The number of rotatable bonds is 11. The van der Waals surface area contributed by atoms with Crippen molar-refractivity contribution >= 4 is 12.2 Å². The van der Waals surface area contributed by atoms with Crippen LogP contribution < -0.4 is 9.64 Å². The second-order valence-electron chi connectivity index (χ2n) is 10.8. The van der Waals surface area contributed by atoms with E-state index in [1.807, 2.05) is 13.8 Å². The minimum absolute atomic E-state index is 0.501. The van der Waals surface area contributed by atoms with Gasteiger partial charge in [0.25, 0.3) is 12.4 Å². The Morgan fingerprint density at radius 3 is 2.50 bits per heavy atom. The molecule has 0 bridgehead atoms. The van der Waals surface area contributed by atoms with Gasteiger partial charge in [-0.15, -0.1) is 0 Å². The lowest BCUT2D eigenvalue weighted by molar-refractivity contribution is -0.147. The van der Waals surface area contributed by atoms with Gasteiger partial charge in [-0.25, -0.2) is 0 Å². The van der Waals surface area contributed by atoms with Crippen LogP contribution in [0.15, 0.2) is 40.9 Å². The zero-order chi connectivity index (χ0) is 26.7. The van der Waals surface area contributed by atoms with Crippen LogP contribution >= 0.6 is 0 Å². The van der Waals surface area contributed by atoms with Gasteiger partial charge < -0.3 is 18.9 Å². The Morgan fingerprint density at radius 2 is 1.89 bits per heavy atom. The summed E-state index contributed by atoms with van der Waals surface area (Å²) in [6, 6.07) is 12.8. The molecule has 2 aliphatic rings. The van der Waals surface area contributed by atoms with Gasteiger partial charge in [0.2, 0.25) is 0 Å². The van der Waals surface area contributed by atoms with Gasteiger partial charge in [-0.2, -0.15) is 4.98 Å². The molecule has 8 heteroatoms. The molecule has 2 aromatic carbocycles. The first-order chi connectivity index (χ1) is 18.4. The van der Waals surface area contributed by atoms with Gasteiger partial charge in [0.15, 0.2) is 5.82 Å². The fraction of sp³-hybridized carbons (Fsp3) is 0.500.